The maximum Gasteiger partial charge on any atom is 0.401 e. The molecule has 0 heterocycles. The van der Waals surface area contributed by atoms with Crippen LogP contribution in [-0.4, -0.2) is 42.8 Å². The van der Waals surface area contributed by atoms with Crippen molar-refractivity contribution in [1.82, 2.24) is 10.2 Å². The van der Waals surface area contributed by atoms with Gasteiger partial charge in [0, 0.05) is 18.1 Å². The number of hydrogen-bond acceptors (Lipinski definition) is 2. The van der Waals surface area contributed by atoms with Crippen molar-refractivity contribution in [3.63, 3.8) is 0 Å². The van der Waals surface area contributed by atoms with Gasteiger partial charge in [-0.05, 0) is 32.7 Å². The zero-order valence-electron chi connectivity index (χ0n) is 9.56. The van der Waals surface area contributed by atoms with Crippen LogP contribution in [0.2, 0.25) is 0 Å². The minimum atomic E-state index is -4.07. The molecule has 0 bridgehead atoms. The van der Waals surface area contributed by atoms with Crippen LogP contribution in [0.3, 0.4) is 0 Å². The fourth-order valence-corrected chi connectivity index (χ4v) is 2.80. The highest BCUT2D eigenvalue weighted by Gasteiger charge is 2.44. The summed E-state index contributed by atoms with van der Waals surface area (Å²) in [5.41, 5.74) is 0. The van der Waals surface area contributed by atoms with Crippen LogP contribution in [0.1, 0.15) is 32.1 Å². The zero-order chi connectivity index (χ0) is 11.8. The molecule has 0 radical (unpaired) electrons. The fraction of sp³-hybridized carbons (Fsp3) is 1.00. The number of nitrogens with zero attached hydrogens (tertiary/aromatic N) is 1. The highest BCUT2D eigenvalue weighted by atomic mass is 19.4. The van der Waals surface area contributed by atoms with Gasteiger partial charge in [-0.2, -0.15) is 13.2 Å². The van der Waals surface area contributed by atoms with Crippen LogP contribution in [0.5, 0.6) is 0 Å². The first kappa shape index (κ1) is 12.2. The number of rotatable bonds is 4. The van der Waals surface area contributed by atoms with Crippen LogP contribution in [-0.2, 0) is 0 Å². The van der Waals surface area contributed by atoms with Crippen molar-refractivity contribution in [3.05, 3.63) is 0 Å². The summed E-state index contributed by atoms with van der Waals surface area (Å²) in [7, 11) is 1.85. The zero-order valence-corrected chi connectivity index (χ0v) is 9.56. The maximum atomic E-state index is 12.5. The Morgan fingerprint density at radius 2 is 1.88 bits per heavy atom. The third-order valence-electron chi connectivity index (χ3n) is 3.65. The Hall–Kier alpha value is -0.290. The Morgan fingerprint density at radius 3 is 2.38 bits per heavy atom. The average Bonchev–Trinajstić information content (AvgIpc) is 2.91. The molecule has 2 saturated carbocycles. The molecule has 0 aromatic rings. The van der Waals surface area contributed by atoms with Crippen molar-refractivity contribution in [2.75, 3.05) is 13.6 Å². The van der Waals surface area contributed by atoms with E-state index in [0.29, 0.717) is 0 Å². The standard InChI is InChI=1S/C11H19F3N2/c1-15-9-3-2-4-10(9)16(8-5-6-8)7-11(12,13)14/h8-10,15H,2-7H2,1H3. The molecule has 16 heavy (non-hydrogen) atoms. The number of hydrogen-bond donors (Lipinski definition) is 1. The van der Waals surface area contributed by atoms with E-state index in [4.69, 9.17) is 0 Å². The lowest BCUT2D eigenvalue weighted by Crippen LogP contribution is -2.50. The summed E-state index contributed by atoms with van der Waals surface area (Å²) in [6.45, 7) is -0.736. The summed E-state index contributed by atoms with van der Waals surface area (Å²) >= 11 is 0. The first-order valence-electron chi connectivity index (χ1n) is 6.01. The number of alkyl halides is 3. The fourth-order valence-electron chi connectivity index (χ4n) is 2.80. The van der Waals surface area contributed by atoms with Crippen molar-refractivity contribution in [1.29, 1.82) is 0 Å². The van der Waals surface area contributed by atoms with Gasteiger partial charge in [-0.15, -0.1) is 0 Å². The topological polar surface area (TPSA) is 15.3 Å². The molecule has 2 unspecified atom stereocenters. The number of likely N-dealkylation sites (N-methyl/N-ethyl adjacent to an activating group) is 1. The van der Waals surface area contributed by atoms with Gasteiger partial charge in [0.2, 0.25) is 0 Å². The molecule has 0 amide bonds. The lowest BCUT2D eigenvalue weighted by Gasteiger charge is -2.33. The molecule has 2 rings (SSSR count). The quantitative estimate of drug-likeness (QED) is 0.804. The van der Waals surface area contributed by atoms with Crippen LogP contribution in [0.4, 0.5) is 13.2 Å². The summed E-state index contributed by atoms with van der Waals surface area (Å²) in [4.78, 5) is 1.69. The Kier molecular flexibility index (Phi) is 3.45. The molecule has 2 nitrogen and oxygen atoms in total. The Balaban J connectivity index is 2.01. The molecular formula is C11H19F3N2. The molecular weight excluding hydrogens is 217 g/mol. The smallest absolute Gasteiger partial charge is 0.315 e. The third-order valence-corrected chi connectivity index (χ3v) is 3.65. The van der Waals surface area contributed by atoms with E-state index in [-0.39, 0.29) is 18.1 Å². The van der Waals surface area contributed by atoms with Gasteiger partial charge in [-0.3, -0.25) is 4.90 Å². The van der Waals surface area contributed by atoms with Gasteiger partial charge in [-0.1, -0.05) is 6.42 Å². The monoisotopic (exact) mass is 236 g/mol. The second kappa shape index (κ2) is 4.53. The van der Waals surface area contributed by atoms with Gasteiger partial charge in [0.1, 0.15) is 0 Å². The van der Waals surface area contributed by atoms with E-state index in [0.717, 1.165) is 32.1 Å². The third kappa shape index (κ3) is 2.88. The summed E-state index contributed by atoms with van der Waals surface area (Å²) in [5, 5.41) is 3.15. The van der Waals surface area contributed by atoms with Gasteiger partial charge in [0.25, 0.3) is 0 Å². The lowest BCUT2D eigenvalue weighted by atomic mass is 10.1. The SMILES string of the molecule is CNC1CCCC1N(CC(F)(F)F)C1CC1. The molecule has 0 spiro atoms. The Bertz CT molecular complexity index is 238. The molecule has 2 aliphatic carbocycles. The van der Waals surface area contributed by atoms with Gasteiger partial charge >= 0.3 is 6.18 Å². The normalized spacial score (nSPS) is 31.3. The molecule has 1 N–H and O–H groups in total. The van der Waals surface area contributed by atoms with Gasteiger partial charge in [0.05, 0.1) is 6.54 Å². The molecule has 0 aromatic carbocycles. The molecule has 0 aliphatic heterocycles. The molecule has 0 saturated heterocycles. The van der Waals surface area contributed by atoms with Crippen molar-refractivity contribution < 1.29 is 13.2 Å². The van der Waals surface area contributed by atoms with E-state index in [2.05, 4.69) is 5.32 Å². The summed E-state index contributed by atoms with van der Waals surface area (Å²) in [5.74, 6) is 0. The van der Waals surface area contributed by atoms with Crippen LogP contribution in [0.25, 0.3) is 0 Å². The highest BCUT2D eigenvalue weighted by Crippen LogP contribution is 2.36. The van der Waals surface area contributed by atoms with E-state index >= 15 is 0 Å². The molecule has 2 fully saturated rings. The summed E-state index contributed by atoms with van der Waals surface area (Å²) in [6, 6.07) is 0.502. The largest absolute Gasteiger partial charge is 0.401 e. The first-order chi connectivity index (χ1) is 7.51. The second-order valence-electron chi connectivity index (χ2n) is 4.91. The molecule has 0 aromatic heterocycles. The maximum absolute atomic E-state index is 12.5. The molecule has 94 valence electrons. The molecule has 2 aliphatic rings. The van der Waals surface area contributed by atoms with E-state index < -0.39 is 12.7 Å². The van der Waals surface area contributed by atoms with E-state index in [1.165, 1.54) is 0 Å². The van der Waals surface area contributed by atoms with E-state index in [9.17, 15) is 13.2 Å². The Morgan fingerprint density at radius 1 is 1.19 bits per heavy atom. The number of nitrogens with one attached hydrogen (secondary N) is 1. The van der Waals surface area contributed by atoms with Crippen molar-refractivity contribution in [3.8, 4) is 0 Å². The molecule has 2 atom stereocenters. The van der Waals surface area contributed by atoms with Crippen LogP contribution < -0.4 is 5.32 Å². The average molecular weight is 236 g/mol. The van der Waals surface area contributed by atoms with Crippen LogP contribution in [0.15, 0.2) is 0 Å². The summed E-state index contributed by atoms with van der Waals surface area (Å²) in [6.07, 6.45) is 0.743. The Labute approximate surface area is 94.2 Å². The van der Waals surface area contributed by atoms with Gasteiger partial charge < -0.3 is 5.32 Å². The first-order valence-corrected chi connectivity index (χ1v) is 6.01. The second-order valence-corrected chi connectivity index (χ2v) is 4.91. The van der Waals surface area contributed by atoms with Gasteiger partial charge in [0.15, 0.2) is 0 Å². The van der Waals surface area contributed by atoms with Crippen LogP contribution in [0, 0.1) is 0 Å². The van der Waals surface area contributed by atoms with Gasteiger partial charge in [-0.25, -0.2) is 0 Å². The van der Waals surface area contributed by atoms with Crippen LogP contribution >= 0.6 is 0 Å². The predicted octanol–water partition coefficient (Wildman–Crippen LogP) is 2.15. The van der Waals surface area contributed by atoms with E-state index in [1.807, 2.05) is 7.05 Å². The van der Waals surface area contributed by atoms with Crippen molar-refractivity contribution in [2.45, 2.75) is 56.4 Å². The lowest BCUT2D eigenvalue weighted by molar-refractivity contribution is -0.153. The minimum absolute atomic E-state index is 0.0825. The van der Waals surface area contributed by atoms with Crippen molar-refractivity contribution >= 4 is 0 Å². The van der Waals surface area contributed by atoms with Crippen molar-refractivity contribution in [2.24, 2.45) is 0 Å². The summed E-state index contributed by atoms with van der Waals surface area (Å²) < 4.78 is 37.5. The highest BCUT2D eigenvalue weighted by molar-refractivity contribution is 4.97. The molecule has 5 heteroatoms. The predicted molar refractivity (Wildman–Crippen MR) is 56.3 cm³/mol. The number of halogens is 3. The van der Waals surface area contributed by atoms with E-state index in [1.54, 1.807) is 4.90 Å². The minimum Gasteiger partial charge on any atom is -0.315 e.